The monoisotopic (exact) mass is 359 g/mol. The predicted octanol–water partition coefficient (Wildman–Crippen LogP) is 4.32. The van der Waals surface area contributed by atoms with Gasteiger partial charge in [-0.3, -0.25) is 4.98 Å². The molecular weight excluding hydrogens is 353 g/mol. The summed E-state index contributed by atoms with van der Waals surface area (Å²) in [5.74, 6) is 0.153. The molecule has 0 radical (unpaired) electrons. The first-order valence-electron chi connectivity index (χ1n) is 4.82. The second kappa shape index (κ2) is 5.60. The van der Waals surface area contributed by atoms with Crippen LogP contribution in [0.1, 0.15) is 5.56 Å². The van der Waals surface area contributed by atoms with E-state index in [1.807, 2.05) is 6.07 Å². The molecule has 1 heterocycles. The van der Waals surface area contributed by atoms with Gasteiger partial charge in [-0.15, -0.1) is 0 Å². The van der Waals surface area contributed by atoms with E-state index in [0.717, 1.165) is 14.5 Å². The molecule has 0 aliphatic carbocycles. The van der Waals surface area contributed by atoms with Crippen LogP contribution >= 0.6 is 31.9 Å². The lowest BCUT2D eigenvalue weighted by molar-refractivity contribution is 0.302. The molecule has 1 aromatic carbocycles. The smallest absolute Gasteiger partial charge is 0.136 e. The van der Waals surface area contributed by atoms with Crippen LogP contribution in [-0.2, 0) is 6.61 Å². The maximum absolute atomic E-state index is 13.0. The molecule has 0 saturated heterocycles. The van der Waals surface area contributed by atoms with Crippen molar-refractivity contribution in [2.45, 2.75) is 6.61 Å². The molecule has 1 aromatic heterocycles. The first-order valence-corrected chi connectivity index (χ1v) is 6.41. The summed E-state index contributed by atoms with van der Waals surface area (Å²) in [6.45, 7) is 0.342. The topological polar surface area (TPSA) is 22.1 Å². The first kappa shape index (κ1) is 12.5. The van der Waals surface area contributed by atoms with Crippen molar-refractivity contribution in [1.82, 2.24) is 4.98 Å². The van der Waals surface area contributed by atoms with Gasteiger partial charge in [0.15, 0.2) is 0 Å². The lowest BCUT2D eigenvalue weighted by Gasteiger charge is -2.08. The molecule has 0 spiro atoms. The van der Waals surface area contributed by atoms with E-state index >= 15 is 0 Å². The minimum absolute atomic E-state index is 0.324. The van der Waals surface area contributed by atoms with Gasteiger partial charge in [-0.2, -0.15) is 0 Å². The minimum atomic E-state index is -0.324. The molecule has 0 atom stereocenters. The van der Waals surface area contributed by atoms with E-state index in [2.05, 4.69) is 36.8 Å². The van der Waals surface area contributed by atoms with Crippen LogP contribution in [-0.4, -0.2) is 4.98 Å². The molecule has 88 valence electrons. The second-order valence-electron chi connectivity index (χ2n) is 3.37. The Labute approximate surface area is 115 Å². The number of halogens is 3. The maximum atomic E-state index is 13.0. The van der Waals surface area contributed by atoms with Gasteiger partial charge in [0.1, 0.15) is 18.2 Å². The minimum Gasteiger partial charge on any atom is -0.488 e. The fraction of sp³-hybridized carbons (Fsp3) is 0.0833. The average molecular weight is 361 g/mol. The predicted molar refractivity (Wildman–Crippen MR) is 70.4 cm³/mol. The zero-order valence-electron chi connectivity index (χ0n) is 8.66. The van der Waals surface area contributed by atoms with E-state index in [4.69, 9.17) is 4.74 Å². The summed E-state index contributed by atoms with van der Waals surface area (Å²) in [4.78, 5) is 4.02. The Morgan fingerprint density at radius 2 is 2.00 bits per heavy atom. The van der Waals surface area contributed by atoms with Crippen molar-refractivity contribution in [3.63, 3.8) is 0 Å². The highest BCUT2D eigenvalue weighted by molar-refractivity contribution is 9.10. The Morgan fingerprint density at radius 1 is 1.18 bits per heavy atom. The summed E-state index contributed by atoms with van der Waals surface area (Å²) in [6.07, 6.45) is 3.40. The molecule has 0 aliphatic heterocycles. The number of benzene rings is 1. The van der Waals surface area contributed by atoms with Gasteiger partial charge < -0.3 is 4.74 Å². The summed E-state index contributed by atoms with van der Waals surface area (Å²) < 4.78 is 20.1. The Kier molecular flexibility index (Phi) is 4.12. The van der Waals surface area contributed by atoms with Gasteiger partial charge in [0.05, 0.1) is 4.47 Å². The zero-order chi connectivity index (χ0) is 12.3. The maximum Gasteiger partial charge on any atom is 0.136 e. The van der Waals surface area contributed by atoms with E-state index in [9.17, 15) is 4.39 Å². The van der Waals surface area contributed by atoms with Crippen LogP contribution in [0.15, 0.2) is 45.6 Å². The van der Waals surface area contributed by atoms with Crippen LogP contribution in [0, 0.1) is 5.82 Å². The molecular formula is C12H8Br2FNO. The van der Waals surface area contributed by atoms with Gasteiger partial charge >= 0.3 is 0 Å². The number of hydrogen-bond donors (Lipinski definition) is 0. The van der Waals surface area contributed by atoms with Crippen molar-refractivity contribution in [3.05, 3.63) is 57.0 Å². The number of ether oxygens (including phenoxy) is 1. The average Bonchev–Trinajstić information content (AvgIpc) is 2.30. The molecule has 2 rings (SSSR count). The van der Waals surface area contributed by atoms with Crippen molar-refractivity contribution >= 4 is 31.9 Å². The fourth-order valence-corrected chi connectivity index (χ4v) is 2.06. The highest BCUT2D eigenvalue weighted by atomic mass is 79.9. The number of nitrogens with zero attached hydrogens (tertiary/aromatic N) is 1. The Morgan fingerprint density at radius 3 is 2.76 bits per heavy atom. The van der Waals surface area contributed by atoms with Crippen LogP contribution in [0.2, 0.25) is 0 Å². The number of hydrogen-bond acceptors (Lipinski definition) is 2. The second-order valence-corrected chi connectivity index (χ2v) is 5.14. The number of pyridine rings is 1. The SMILES string of the molecule is Fc1ccc(Br)c(OCc2cncc(Br)c2)c1. The van der Waals surface area contributed by atoms with Crippen LogP contribution in [0.4, 0.5) is 4.39 Å². The van der Waals surface area contributed by atoms with Crippen molar-refractivity contribution in [3.8, 4) is 5.75 Å². The third-order valence-electron chi connectivity index (χ3n) is 2.05. The van der Waals surface area contributed by atoms with Gasteiger partial charge in [-0.1, -0.05) is 0 Å². The van der Waals surface area contributed by atoms with Gasteiger partial charge in [0.2, 0.25) is 0 Å². The molecule has 5 heteroatoms. The van der Waals surface area contributed by atoms with Crippen molar-refractivity contribution in [1.29, 1.82) is 0 Å². The third-order valence-corrected chi connectivity index (χ3v) is 3.14. The van der Waals surface area contributed by atoms with Gasteiger partial charge in [-0.25, -0.2) is 4.39 Å². The largest absolute Gasteiger partial charge is 0.488 e. The summed E-state index contributed by atoms with van der Waals surface area (Å²) >= 11 is 6.63. The van der Waals surface area contributed by atoms with Crippen LogP contribution < -0.4 is 4.74 Å². The van der Waals surface area contributed by atoms with Gasteiger partial charge in [0.25, 0.3) is 0 Å². The van der Waals surface area contributed by atoms with Crippen LogP contribution in [0.25, 0.3) is 0 Å². The summed E-state index contributed by atoms with van der Waals surface area (Å²) in [6, 6.07) is 6.23. The highest BCUT2D eigenvalue weighted by Crippen LogP contribution is 2.26. The van der Waals surface area contributed by atoms with E-state index in [1.165, 1.54) is 12.1 Å². The van der Waals surface area contributed by atoms with Crippen molar-refractivity contribution in [2.75, 3.05) is 0 Å². The van der Waals surface area contributed by atoms with E-state index in [1.54, 1.807) is 18.5 Å². The lowest BCUT2D eigenvalue weighted by Crippen LogP contribution is -1.97. The van der Waals surface area contributed by atoms with Gasteiger partial charge in [0, 0.05) is 28.5 Å². The molecule has 0 amide bonds. The molecule has 2 aromatic rings. The number of rotatable bonds is 3. The highest BCUT2D eigenvalue weighted by Gasteiger charge is 2.03. The van der Waals surface area contributed by atoms with Crippen LogP contribution in [0.5, 0.6) is 5.75 Å². The number of aromatic nitrogens is 1. The molecule has 2 nitrogen and oxygen atoms in total. The molecule has 0 saturated carbocycles. The standard InChI is InChI=1S/C12H8Br2FNO/c13-9-3-8(5-16-6-9)7-17-12-4-10(15)1-2-11(12)14/h1-6H,7H2. The third kappa shape index (κ3) is 3.51. The summed E-state index contributed by atoms with van der Waals surface area (Å²) in [5.41, 5.74) is 0.913. The zero-order valence-corrected chi connectivity index (χ0v) is 11.8. The first-order chi connectivity index (χ1) is 8.15. The summed E-state index contributed by atoms with van der Waals surface area (Å²) in [5, 5.41) is 0. The molecule has 0 unspecified atom stereocenters. The molecule has 0 fully saturated rings. The van der Waals surface area contributed by atoms with E-state index in [0.29, 0.717) is 12.4 Å². The quantitative estimate of drug-likeness (QED) is 0.812. The Balaban J connectivity index is 2.09. The van der Waals surface area contributed by atoms with Gasteiger partial charge in [-0.05, 0) is 50.1 Å². The fourth-order valence-electron chi connectivity index (χ4n) is 1.28. The van der Waals surface area contributed by atoms with E-state index < -0.39 is 0 Å². The summed E-state index contributed by atoms with van der Waals surface area (Å²) in [7, 11) is 0. The Hall–Kier alpha value is -0.940. The molecule has 0 aliphatic rings. The van der Waals surface area contributed by atoms with E-state index in [-0.39, 0.29) is 5.82 Å². The molecule has 17 heavy (non-hydrogen) atoms. The Bertz CT molecular complexity index is 534. The normalized spacial score (nSPS) is 10.3. The molecule has 0 N–H and O–H groups in total. The molecule has 0 bridgehead atoms. The van der Waals surface area contributed by atoms with Crippen LogP contribution in [0.3, 0.4) is 0 Å². The van der Waals surface area contributed by atoms with Crippen molar-refractivity contribution in [2.24, 2.45) is 0 Å². The van der Waals surface area contributed by atoms with Crippen molar-refractivity contribution < 1.29 is 9.13 Å². The lowest BCUT2D eigenvalue weighted by atomic mass is 10.3.